The molecule has 0 aliphatic carbocycles. The second kappa shape index (κ2) is 6.61. The van der Waals surface area contributed by atoms with E-state index in [0.717, 1.165) is 5.56 Å². The molecule has 7 nitrogen and oxygen atoms in total. The summed E-state index contributed by atoms with van der Waals surface area (Å²) >= 11 is 0. The van der Waals surface area contributed by atoms with E-state index in [2.05, 4.69) is 15.5 Å². The third kappa shape index (κ3) is 3.85. The van der Waals surface area contributed by atoms with Gasteiger partial charge in [0.15, 0.2) is 0 Å². The van der Waals surface area contributed by atoms with Crippen molar-refractivity contribution in [1.82, 2.24) is 10.2 Å². The van der Waals surface area contributed by atoms with Gasteiger partial charge in [0.1, 0.15) is 6.61 Å². The van der Waals surface area contributed by atoms with Gasteiger partial charge in [0.2, 0.25) is 5.89 Å². The number of nitrogens with zero attached hydrogens (tertiary/aromatic N) is 1. The normalized spacial score (nSPS) is 10.3. The zero-order valence-electron chi connectivity index (χ0n) is 12.0. The number of carbonyl (C=O) groups excluding carboxylic acids is 1. The molecular weight excluding hydrogens is 298 g/mol. The molecule has 0 saturated carbocycles. The molecule has 0 unspecified atom stereocenters. The van der Waals surface area contributed by atoms with Crippen LogP contribution in [0.3, 0.4) is 0 Å². The van der Waals surface area contributed by atoms with Crippen LogP contribution in [0.25, 0.3) is 11.5 Å². The lowest BCUT2D eigenvalue weighted by atomic mass is 10.2. The molecule has 23 heavy (non-hydrogen) atoms. The van der Waals surface area contributed by atoms with Gasteiger partial charge in [-0.3, -0.25) is 5.32 Å². The molecule has 1 aromatic heterocycles. The molecule has 0 radical (unpaired) electrons. The topological polar surface area (TPSA) is 97.2 Å². The Labute approximate surface area is 130 Å². The SMILES string of the molecule is O=C(Nc1ccc(-c2n[nH]c(=O)o2)cc1)OCc1ccccc1. The lowest BCUT2D eigenvalue weighted by Crippen LogP contribution is -2.13. The van der Waals surface area contributed by atoms with Crippen LogP contribution in [0.2, 0.25) is 0 Å². The number of H-pyrrole nitrogens is 1. The number of rotatable bonds is 4. The number of carbonyl (C=O) groups is 1. The molecule has 7 heteroatoms. The Kier molecular flexibility index (Phi) is 4.19. The molecule has 0 atom stereocenters. The number of aromatic amines is 1. The standard InChI is InChI=1S/C16H13N3O4/c20-15(22-10-11-4-2-1-3-5-11)17-13-8-6-12(7-9-13)14-18-19-16(21)23-14/h1-9H,10H2,(H,17,20)(H,19,21). The van der Waals surface area contributed by atoms with Gasteiger partial charge in [-0.25, -0.2) is 14.7 Å². The van der Waals surface area contributed by atoms with Crippen LogP contribution in [-0.2, 0) is 11.3 Å². The molecule has 0 aliphatic rings. The van der Waals surface area contributed by atoms with E-state index in [9.17, 15) is 9.59 Å². The smallest absolute Gasteiger partial charge is 0.434 e. The van der Waals surface area contributed by atoms with E-state index >= 15 is 0 Å². The Bertz CT molecular complexity index is 838. The number of hydrogen-bond acceptors (Lipinski definition) is 5. The number of nitrogens with one attached hydrogen (secondary N) is 2. The van der Waals surface area contributed by atoms with Crippen LogP contribution in [0.1, 0.15) is 5.56 Å². The van der Waals surface area contributed by atoms with Crippen molar-refractivity contribution in [1.29, 1.82) is 0 Å². The predicted octanol–water partition coefficient (Wildman–Crippen LogP) is 2.78. The van der Waals surface area contributed by atoms with Crippen molar-refractivity contribution in [2.75, 3.05) is 5.32 Å². The first-order chi connectivity index (χ1) is 11.2. The minimum absolute atomic E-state index is 0.188. The van der Waals surface area contributed by atoms with Gasteiger partial charge < -0.3 is 9.15 Å². The quantitative estimate of drug-likeness (QED) is 0.772. The molecule has 0 bridgehead atoms. The van der Waals surface area contributed by atoms with E-state index in [1.807, 2.05) is 30.3 Å². The van der Waals surface area contributed by atoms with E-state index in [0.29, 0.717) is 11.3 Å². The van der Waals surface area contributed by atoms with Crippen LogP contribution < -0.4 is 11.1 Å². The second-order valence-corrected chi connectivity index (χ2v) is 4.68. The maximum Gasteiger partial charge on any atom is 0.434 e. The number of anilines is 1. The summed E-state index contributed by atoms with van der Waals surface area (Å²) in [6.07, 6.45) is -0.548. The van der Waals surface area contributed by atoms with E-state index in [4.69, 9.17) is 9.15 Å². The average Bonchev–Trinajstić information content (AvgIpc) is 3.01. The van der Waals surface area contributed by atoms with Gasteiger partial charge in [0, 0.05) is 11.3 Å². The van der Waals surface area contributed by atoms with E-state index < -0.39 is 11.8 Å². The Hall–Kier alpha value is -3.35. The number of aromatic nitrogens is 2. The zero-order chi connectivity index (χ0) is 16.1. The summed E-state index contributed by atoms with van der Waals surface area (Å²) in [5, 5.41) is 8.52. The highest BCUT2D eigenvalue weighted by molar-refractivity contribution is 5.84. The van der Waals surface area contributed by atoms with Gasteiger partial charge >= 0.3 is 11.8 Å². The highest BCUT2D eigenvalue weighted by Crippen LogP contribution is 2.18. The van der Waals surface area contributed by atoms with E-state index in [1.54, 1.807) is 24.3 Å². The van der Waals surface area contributed by atoms with Gasteiger partial charge in [0.05, 0.1) is 0 Å². The highest BCUT2D eigenvalue weighted by Gasteiger charge is 2.07. The molecule has 3 aromatic rings. The van der Waals surface area contributed by atoms with Crippen LogP contribution in [0.4, 0.5) is 10.5 Å². The molecule has 0 aliphatic heterocycles. The fourth-order valence-corrected chi connectivity index (χ4v) is 1.93. The van der Waals surface area contributed by atoms with Crippen molar-refractivity contribution >= 4 is 11.8 Å². The molecule has 0 saturated heterocycles. The van der Waals surface area contributed by atoms with Crippen molar-refractivity contribution < 1.29 is 13.9 Å². The van der Waals surface area contributed by atoms with Crippen LogP contribution in [-0.4, -0.2) is 16.3 Å². The van der Waals surface area contributed by atoms with E-state index in [-0.39, 0.29) is 12.5 Å². The molecule has 0 fully saturated rings. The Balaban J connectivity index is 1.57. The molecule has 2 aromatic carbocycles. The number of hydrogen-bond donors (Lipinski definition) is 2. The summed E-state index contributed by atoms with van der Waals surface area (Å²) in [4.78, 5) is 22.6. The molecule has 0 spiro atoms. The predicted molar refractivity (Wildman–Crippen MR) is 82.8 cm³/mol. The Morgan fingerprint density at radius 1 is 1.13 bits per heavy atom. The molecule has 2 N–H and O–H groups in total. The fourth-order valence-electron chi connectivity index (χ4n) is 1.93. The Morgan fingerprint density at radius 3 is 2.52 bits per heavy atom. The maximum absolute atomic E-state index is 11.7. The van der Waals surface area contributed by atoms with Crippen molar-refractivity contribution in [3.63, 3.8) is 0 Å². The number of amides is 1. The lowest BCUT2D eigenvalue weighted by Gasteiger charge is -2.07. The van der Waals surface area contributed by atoms with Crippen molar-refractivity contribution in [2.45, 2.75) is 6.61 Å². The number of benzene rings is 2. The first-order valence-corrected chi connectivity index (χ1v) is 6.84. The maximum atomic E-state index is 11.7. The van der Waals surface area contributed by atoms with Crippen LogP contribution in [0, 0.1) is 0 Å². The number of ether oxygens (including phenoxy) is 1. The largest absolute Gasteiger partial charge is 0.444 e. The minimum Gasteiger partial charge on any atom is -0.444 e. The summed E-state index contributed by atoms with van der Waals surface area (Å²) in [6, 6.07) is 16.1. The monoisotopic (exact) mass is 311 g/mol. The van der Waals surface area contributed by atoms with Gasteiger partial charge in [-0.05, 0) is 29.8 Å². The van der Waals surface area contributed by atoms with Crippen molar-refractivity contribution in [2.24, 2.45) is 0 Å². The van der Waals surface area contributed by atoms with E-state index in [1.165, 1.54) is 0 Å². The van der Waals surface area contributed by atoms with Gasteiger partial charge in [-0.15, -0.1) is 5.10 Å². The van der Waals surface area contributed by atoms with Gasteiger partial charge in [-0.2, -0.15) is 0 Å². The van der Waals surface area contributed by atoms with Gasteiger partial charge in [-0.1, -0.05) is 30.3 Å². The summed E-state index contributed by atoms with van der Waals surface area (Å²) < 4.78 is 9.97. The molecular formula is C16H13N3O4. The molecule has 116 valence electrons. The Morgan fingerprint density at radius 2 is 1.87 bits per heavy atom. The zero-order valence-corrected chi connectivity index (χ0v) is 12.0. The first-order valence-electron chi connectivity index (χ1n) is 6.84. The third-order valence-electron chi connectivity index (χ3n) is 3.03. The van der Waals surface area contributed by atoms with Crippen LogP contribution in [0.15, 0.2) is 63.8 Å². The minimum atomic E-state index is -0.619. The summed E-state index contributed by atoms with van der Waals surface area (Å²) in [5.41, 5.74) is 2.09. The first kappa shape index (κ1) is 14.6. The lowest BCUT2D eigenvalue weighted by molar-refractivity contribution is 0.155. The van der Waals surface area contributed by atoms with Crippen LogP contribution >= 0.6 is 0 Å². The fraction of sp³-hybridized carbons (Fsp3) is 0.0625. The molecule has 1 heterocycles. The summed E-state index contributed by atoms with van der Waals surface area (Å²) in [6.45, 7) is 0.198. The molecule has 1 amide bonds. The third-order valence-corrected chi connectivity index (χ3v) is 3.03. The summed E-state index contributed by atoms with van der Waals surface area (Å²) in [7, 11) is 0. The molecule has 3 rings (SSSR count). The second-order valence-electron chi connectivity index (χ2n) is 4.68. The summed E-state index contributed by atoms with van der Waals surface area (Å²) in [5.74, 6) is -0.431. The van der Waals surface area contributed by atoms with Crippen molar-refractivity contribution in [3.8, 4) is 11.5 Å². The van der Waals surface area contributed by atoms with Crippen LogP contribution in [0.5, 0.6) is 0 Å². The average molecular weight is 311 g/mol. The van der Waals surface area contributed by atoms with Gasteiger partial charge in [0.25, 0.3) is 0 Å². The van der Waals surface area contributed by atoms with Crippen molar-refractivity contribution in [3.05, 3.63) is 70.7 Å². The highest BCUT2D eigenvalue weighted by atomic mass is 16.5.